The molecule has 6 nitrogen and oxygen atoms in total. The van der Waals surface area contributed by atoms with Crippen LogP contribution in [-0.4, -0.2) is 45.9 Å². The molecular weight excluding hydrogens is 326 g/mol. The van der Waals surface area contributed by atoms with Crippen molar-refractivity contribution in [2.75, 3.05) is 20.7 Å². The molecule has 3 rings (SSSR count). The van der Waals surface area contributed by atoms with E-state index >= 15 is 0 Å². The summed E-state index contributed by atoms with van der Waals surface area (Å²) in [6.07, 6.45) is 1.71. The number of pyridine rings is 1. The van der Waals surface area contributed by atoms with Crippen LogP contribution in [0.15, 0.2) is 42.6 Å². The summed E-state index contributed by atoms with van der Waals surface area (Å²) >= 11 is 0. The molecule has 3 aromatic rings. The molecule has 2 aromatic heterocycles. The first-order chi connectivity index (χ1) is 12.4. The maximum Gasteiger partial charge on any atom is 0.159 e. The van der Waals surface area contributed by atoms with Crippen molar-refractivity contribution in [2.45, 2.75) is 25.9 Å². The predicted octanol–water partition coefficient (Wildman–Crippen LogP) is 3.34. The van der Waals surface area contributed by atoms with Crippen LogP contribution in [0.4, 0.5) is 0 Å². The van der Waals surface area contributed by atoms with Gasteiger partial charge in [0.25, 0.3) is 0 Å². The molecular formula is C20H23N5O. The number of nitrogens with zero attached hydrogens (tertiary/aromatic N) is 5. The predicted molar refractivity (Wildman–Crippen MR) is 102 cm³/mol. The SMILES string of the molecule is CN(C)C(C)(C)COc1ccc(-c2nn(CC#N)c3ncccc23)cc1. The van der Waals surface area contributed by atoms with Crippen LogP contribution in [-0.2, 0) is 6.54 Å². The Bertz CT molecular complexity index is 935. The molecule has 0 saturated heterocycles. The van der Waals surface area contributed by atoms with Gasteiger partial charge in [0.2, 0.25) is 0 Å². The Morgan fingerprint density at radius 3 is 2.58 bits per heavy atom. The molecule has 0 aliphatic heterocycles. The Morgan fingerprint density at radius 1 is 1.19 bits per heavy atom. The molecule has 0 aliphatic rings. The normalized spacial score (nSPS) is 11.7. The van der Waals surface area contributed by atoms with E-state index in [9.17, 15) is 0 Å². The highest BCUT2D eigenvalue weighted by Crippen LogP contribution is 2.28. The number of benzene rings is 1. The average Bonchev–Trinajstić information content (AvgIpc) is 3.00. The number of likely N-dealkylation sites (N-methyl/N-ethyl adjacent to an activating group) is 1. The van der Waals surface area contributed by atoms with E-state index in [-0.39, 0.29) is 12.1 Å². The minimum Gasteiger partial charge on any atom is -0.492 e. The van der Waals surface area contributed by atoms with Crippen molar-refractivity contribution < 1.29 is 4.74 Å². The summed E-state index contributed by atoms with van der Waals surface area (Å²) in [5.74, 6) is 0.822. The number of rotatable bonds is 6. The molecule has 0 radical (unpaired) electrons. The van der Waals surface area contributed by atoms with Gasteiger partial charge in [-0.15, -0.1) is 0 Å². The Balaban J connectivity index is 1.85. The van der Waals surface area contributed by atoms with Crippen molar-refractivity contribution in [1.82, 2.24) is 19.7 Å². The summed E-state index contributed by atoms with van der Waals surface area (Å²) in [7, 11) is 4.09. The van der Waals surface area contributed by atoms with Crippen LogP contribution in [0, 0.1) is 11.3 Å². The number of ether oxygens (including phenoxy) is 1. The van der Waals surface area contributed by atoms with E-state index < -0.39 is 0 Å². The van der Waals surface area contributed by atoms with Crippen LogP contribution in [0.2, 0.25) is 0 Å². The number of hydrogen-bond acceptors (Lipinski definition) is 5. The summed E-state index contributed by atoms with van der Waals surface area (Å²) in [6, 6.07) is 13.9. The van der Waals surface area contributed by atoms with Gasteiger partial charge in [-0.25, -0.2) is 9.67 Å². The highest BCUT2D eigenvalue weighted by molar-refractivity contribution is 5.91. The van der Waals surface area contributed by atoms with Crippen LogP contribution < -0.4 is 4.74 Å². The lowest BCUT2D eigenvalue weighted by Gasteiger charge is -2.32. The third-order valence-electron chi connectivity index (χ3n) is 4.66. The van der Waals surface area contributed by atoms with E-state index in [0.717, 1.165) is 28.0 Å². The molecule has 0 amide bonds. The topological polar surface area (TPSA) is 67.0 Å². The molecule has 6 heteroatoms. The Kier molecular flexibility index (Phi) is 4.92. The number of hydrogen-bond donors (Lipinski definition) is 0. The molecule has 0 bridgehead atoms. The van der Waals surface area contributed by atoms with Gasteiger partial charge < -0.3 is 9.64 Å². The zero-order valence-corrected chi connectivity index (χ0v) is 15.6. The zero-order valence-electron chi connectivity index (χ0n) is 15.6. The lowest BCUT2D eigenvalue weighted by molar-refractivity contribution is 0.114. The van der Waals surface area contributed by atoms with E-state index in [2.05, 4.69) is 34.9 Å². The van der Waals surface area contributed by atoms with Crippen molar-refractivity contribution in [2.24, 2.45) is 0 Å². The molecule has 0 unspecified atom stereocenters. The Morgan fingerprint density at radius 2 is 1.92 bits per heavy atom. The van der Waals surface area contributed by atoms with E-state index in [4.69, 9.17) is 10.00 Å². The van der Waals surface area contributed by atoms with Crippen molar-refractivity contribution in [3.05, 3.63) is 42.6 Å². The van der Waals surface area contributed by atoms with Crippen LogP contribution in [0.5, 0.6) is 5.75 Å². The Labute approximate surface area is 153 Å². The van der Waals surface area contributed by atoms with Gasteiger partial charge in [0, 0.05) is 22.7 Å². The lowest BCUT2D eigenvalue weighted by atomic mass is 10.1. The third kappa shape index (κ3) is 3.53. The van der Waals surface area contributed by atoms with Gasteiger partial charge in [0.1, 0.15) is 24.6 Å². The molecule has 134 valence electrons. The smallest absolute Gasteiger partial charge is 0.159 e. The van der Waals surface area contributed by atoms with Crippen molar-refractivity contribution in [3.63, 3.8) is 0 Å². The summed E-state index contributed by atoms with van der Waals surface area (Å²) in [4.78, 5) is 6.50. The minimum atomic E-state index is -0.0450. The fraction of sp³-hybridized carbons (Fsp3) is 0.350. The van der Waals surface area contributed by atoms with Crippen molar-refractivity contribution in [3.8, 4) is 23.1 Å². The van der Waals surface area contributed by atoms with Crippen LogP contribution in [0.3, 0.4) is 0 Å². The first-order valence-corrected chi connectivity index (χ1v) is 8.51. The highest BCUT2D eigenvalue weighted by Gasteiger charge is 2.21. The highest BCUT2D eigenvalue weighted by atomic mass is 16.5. The number of aromatic nitrogens is 3. The van der Waals surface area contributed by atoms with Crippen LogP contribution in [0.25, 0.3) is 22.3 Å². The van der Waals surface area contributed by atoms with E-state index in [1.807, 2.05) is 50.5 Å². The van der Waals surface area contributed by atoms with Gasteiger partial charge >= 0.3 is 0 Å². The first kappa shape index (κ1) is 17.9. The Hall–Kier alpha value is -2.91. The maximum absolute atomic E-state index is 9.00. The van der Waals surface area contributed by atoms with Gasteiger partial charge in [0.05, 0.1) is 6.07 Å². The zero-order chi connectivity index (χ0) is 18.7. The summed E-state index contributed by atoms with van der Waals surface area (Å²) in [5, 5.41) is 14.5. The number of nitriles is 1. The quantitative estimate of drug-likeness (QED) is 0.683. The van der Waals surface area contributed by atoms with Gasteiger partial charge in [0.15, 0.2) is 5.65 Å². The largest absolute Gasteiger partial charge is 0.492 e. The fourth-order valence-corrected chi connectivity index (χ4v) is 2.50. The van der Waals surface area contributed by atoms with Crippen LogP contribution in [0.1, 0.15) is 13.8 Å². The molecule has 0 saturated carbocycles. The van der Waals surface area contributed by atoms with Crippen LogP contribution >= 0.6 is 0 Å². The standard InChI is InChI=1S/C20H23N5O/c1-20(2,24(3)4)14-26-16-9-7-15(8-10-16)18-17-6-5-12-22-19(17)25(23-18)13-11-21/h5-10,12H,13-14H2,1-4H3. The van der Waals surface area contributed by atoms with Gasteiger partial charge in [-0.05, 0) is 64.3 Å². The summed E-state index contributed by atoms with van der Waals surface area (Å²) in [5.41, 5.74) is 2.47. The average molecular weight is 349 g/mol. The second-order valence-electron chi connectivity index (χ2n) is 7.06. The van der Waals surface area contributed by atoms with Gasteiger partial charge in [-0.1, -0.05) is 0 Å². The molecule has 1 aromatic carbocycles. The molecule has 0 N–H and O–H groups in total. The maximum atomic E-state index is 9.00. The third-order valence-corrected chi connectivity index (χ3v) is 4.66. The molecule has 0 atom stereocenters. The minimum absolute atomic E-state index is 0.0450. The monoisotopic (exact) mass is 349 g/mol. The molecule has 0 spiro atoms. The molecule has 0 fully saturated rings. The molecule has 2 heterocycles. The fourth-order valence-electron chi connectivity index (χ4n) is 2.50. The second-order valence-corrected chi connectivity index (χ2v) is 7.06. The van der Waals surface area contributed by atoms with Crippen molar-refractivity contribution >= 4 is 11.0 Å². The summed E-state index contributed by atoms with van der Waals surface area (Å²) in [6.45, 7) is 5.06. The van der Waals surface area contributed by atoms with Gasteiger partial charge in [-0.2, -0.15) is 10.4 Å². The van der Waals surface area contributed by atoms with E-state index in [1.165, 1.54) is 0 Å². The van der Waals surface area contributed by atoms with Gasteiger partial charge in [-0.3, -0.25) is 0 Å². The molecule has 26 heavy (non-hydrogen) atoms. The first-order valence-electron chi connectivity index (χ1n) is 8.51. The van der Waals surface area contributed by atoms with E-state index in [0.29, 0.717) is 6.61 Å². The summed E-state index contributed by atoms with van der Waals surface area (Å²) < 4.78 is 7.57. The second kappa shape index (κ2) is 7.14. The van der Waals surface area contributed by atoms with E-state index in [1.54, 1.807) is 10.9 Å². The van der Waals surface area contributed by atoms with Crippen molar-refractivity contribution in [1.29, 1.82) is 5.26 Å². The lowest BCUT2D eigenvalue weighted by Crippen LogP contribution is -2.43. The molecule has 0 aliphatic carbocycles. The number of fused-ring (bicyclic) bond motifs is 1.